The molecule has 0 aliphatic rings. The molecule has 1 aromatic rings. The van der Waals surface area contributed by atoms with Gasteiger partial charge in [-0.1, -0.05) is 25.6 Å². The lowest BCUT2D eigenvalue weighted by atomic mass is 10.2. The zero-order valence-corrected chi connectivity index (χ0v) is 14.6. The largest absolute Gasteiger partial charge is 0.356 e. The second-order valence-electron chi connectivity index (χ2n) is 5.10. The number of carbonyl (C=O) groups is 1. The van der Waals surface area contributed by atoms with Crippen LogP contribution in [0.1, 0.15) is 32.5 Å². The first-order chi connectivity index (χ1) is 9.58. The van der Waals surface area contributed by atoms with Gasteiger partial charge in [0.05, 0.1) is 0 Å². The van der Waals surface area contributed by atoms with E-state index in [0.29, 0.717) is 25.4 Å². The van der Waals surface area contributed by atoms with Gasteiger partial charge in [0.1, 0.15) is 5.82 Å². The number of halogens is 1. The molecule has 0 fully saturated rings. The summed E-state index contributed by atoms with van der Waals surface area (Å²) in [6.07, 6.45) is 4.09. The number of amides is 1. The molecule has 0 aliphatic carbocycles. The molecule has 0 bridgehead atoms. The molecule has 21 heavy (non-hydrogen) atoms. The van der Waals surface area contributed by atoms with Gasteiger partial charge >= 0.3 is 0 Å². The Morgan fingerprint density at radius 3 is 2.71 bits per heavy atom. The van der Waals surface area contributed by atoms with Gasteiger partial charge in [0.25, 0.3) is 0 Å². The Bertz CT molecular complexity index is 425. The number of aryl methyl sites for hydroxylation is 1. The molecular formula is C13H26ClN5OS. The van der Waals surface area contributed by atoms with Crippen molar-refractivity contribution in [1.29, 1.82) is 0 Å². The van der Waals surface area contributed by atoms with Crippen molar-refractivity contribution in [1.82, 2.24) is 20.1 Å². The fourth-order valence-corrected chi connectivity index (χ4v) is 2.42. The molecule has 0 saturated heterocycles. The van der Waals surface area contributed by atoms with Gasteiger partial charge in [-0.15, -0.1) is 22.6 Å². The molecule has 0 spiro atoms. The smallest absolute Gasteiger partial charge is 0.221 e. The zero-order chi connectivity index (χ0) is 15.0. The van der Waals surface area contributed by atoms with E-state index in [1.165, 1.54) is 0 Å². The van der Waals surface area contributed by atoms with Crippen LogP contribution in [0.3, 0.4) is 0 Å². The molecule has 122 valence electrons. The highest BCUT2D eigenvalue weighted by molar-refractivity contribution is 7.98. The molecule has 1 rings (SSSR count). The Labute approximate surface area is 137 Å². The number of hydrogen-bond acceptors (Lipinski definition) is 5. The Balaban J connectivity index is 0.00000400. The minimum Gasteiger partial charge on any atom is -0.356 e. The first-order valence-corrected chi connectivity index (χ1v) is 8.23. The molecule has 6 nitrogen and oxygen atoms in total. The average Bonchev–Trinajstić information content (AvgIpc) is 2.76. The van der Waals surface area contributed by atoms with Crippen molar-refractivity contribution in [3.05, 3.63) is 5.82 Å². The summed E-state index contributed by atoms with van der Waals surface area (Å²) in [5, 5.41) is 12.3. The summed E-state index contributed by atoms with van der Waals surface area (Å²) in [5.41, 5.74) is 5.32. The lowest BCUT2D eigenvalue weighted by molar-refractivity contribution is -0.120. The monoisotopic (exact) mass is 335 g/mol. The Hall–Kier alpha value is -0.790. The molecule has 1 amide bonds. The standard InChI is InChI=1S/C13H25N5OS.ClH/c1-10(2)9-18-11(16-17-13(18)20-3)5-4-8-15-12(19)6-7-14;/h10H,4-9,14H2,1-3H3,(H,15,19);1H. The van der Waals surface area contributed by atoms with Gasteiger partial charge in [-0.25, -0.2) is 0 Å². The third-order valence-corrected chi connectivity index (χ3v) is 3.46. The molecular weight excluding hydrogens is 310 g/mol. The summed E-state index contributed by atoms with van der Waals surface area (Å²) in [6.45, 7) is 6.34. The van der Waals surface area contributed by atoms with Crippen LogP contribution in [0.2, 0.25) is 0 Å². The van der Waals surface area contributed by atoms with E-state index in [4.69, 9.17) is 5.73 Å². The molecule has 1 heterocycles. The number of rotatable bonds is 9. The highest BCUT2D eigenvalue weighted by atomic mass is 35.5. The van der Waals surface area contributed by atoms with E-state index in [1.54, 1.807) is 11.8 Å². The number of aromatic nitrogens is 3. The maximum absolute atomic E-state index is 11.3. The fraction of sp³-hybridized carbons (Fsp3) is 0.769. The van der Waals surface area contributed by atoms with Gasteiger partial charge in [0, 0.05) is 32.5 Å². The zero-order valence-electron chi connectivity index (χ0n) is 13.0. The van der Waals surface area contributed by atoms with E-state index in [2.05, 4.69) is 33.9 Å². The third-order valence-electron chi connectivity index (χ3n) is 2.79. The summed E-state index contributed by atoms with van der Waals surface area (Å²) in [4.78, 5) is 11.3. The number of nitrogens with two attached hydrogens (primary N) is 1. The molecule has 0 atom stereocenters. The lowest BCUT2D eigenvalue weighted by Gasteiger charge is -2.11. The summed E-state index contributed by atoms with van der Waals surface area (Å²) < 4.78 is 2.18. The van der Waals surface area contributed by atoms with E-state index in [0.717, 1.165) is 30.4 Å². The van der Waals surface area contributed by atoms with Crippen LogP contribution in [-0.4, -0.2) is 40.0 Å². The highest BCUT2D eigenvalue weighted by Crippen LogP contribution is 2.16. The van der Waals surface area contributed by atoms with Crippen LogP contribution in [0.5, 0.6) is 0 Å². The van der Waals surface area contributed by atoms with Crippen molar-refractivity contribution >= 4 is 30.1 Å². The second kappa shape index (κ2) is 10.9. The first kappa shape index (κ1) is 20.2. The molecule has 0 radical (unpaired) electrons. The van der Waals surface area contributed by atoms with Gasteiger partial charge < -0.3 is 15.6 Å². The van der Waals surface area contributed by atoms with Gasteiger partial charge in [0.15, 0.2) is 5.16 Å². The number of carbonyl (C=O) groups excluding carboxylic acids is 1. The van der Waals surface area contributed by atoms with E-state index >= 15 is 0 Å². The molecule has 0 saturated carbocycles. The second-order valence-corrected chi connectivity index (χ2v) is 5.87. The van der Waals surface area contributed by atoms with Crippen LogP contribution in [-0.2, 0) is 17.8 Å². The predicted octanol–water partition coefficient (Wildman–Crippen LogP) is 1.48. The fourth-order valence-electron chi connectivity index (χ4n) is 1.90. The first-order valence-electron chi connectivity index (χ1n) is 7.01. The Morgan fingerprint density at radius 2 is 2.14 bits per heavy atom. The van der Waals surface area contributed by atoms with E-state index in [-0.39, 0.29) is 18.3 Å². The van der Waals surface area contributed by atoms with Crippen LogP contribution in [0.4, 0.5) is 0 Å². The summed E-state index contributed by atoms with van der Waals surface area (Å²) in [5.74, 6) is 1.57. The Morgan fingerprint density at radius 1 is 1.43 bits per heavy atom. The van der Waals surface area contributed by atoms with Crippen LogP contribution in [0.25, 0.3) is 0 Å². The van der Waals surface area contributed by atoms with Crippen LogP contribution in [0.15, 0.2) is 5.16 Å². The van der Waals surface area contributed by atoms with Crippen LogP contribution < -0.4 is 11.1 Å². The Kier molecular flexibility index (Phi) is 10.5. The van der Waals surface area contributed by atoms with Crippen molar-refractivity contribution < 1.29 is 4.79 Å². The summed E-state index contributed by atoms with van der Waals surface area (Å²) in [7, 11) is 0. The van der Waals surface area contributed by atoms with Crippen molar-refractivity contribution in [3.8, 4) is 0 Å². The van der Waals surface area contributed by atoms with Crippen molar-refractivity contribution in [2.45, 2.75) is 44.8 Å². The molecule has 1 aromatic heterocycles. The topological polar surface area (TPSA) is 85.8 Å². The van der Waals surface area contributed by atoms with Gasteiger partial charge in [-0.2, -0.15) is 0 Å². The van der Waals surface area contributed by atoms with Crippen molar-refractivity contribution in [2.75, 3.05) is 19.3 Å². The maximum Gasteiger partial charge on any atom is 0.221 e. The minimum absolute atomic E-state index is 0. The number of hydrogen-bond donors (Lipinski definition) is 2. The molecule has 0 unspecified atom stereocenters. The SMILES string of the molecule is CSc1nnc(CCCNC(=O)CCN)n1CC(C)C.Cl. The van der Waals surface area contributed by atoms with Crippen molar-refractivity contribution in [2.24, 2.45) is 11.7 Å². The quantitative estimate of drug-likeness (QED) is 0.527. The molecule has 3 N–H and O–H groups in total. The molecule has 0 aliphatic heterocycles. The normalized spacial score (nSPS) is 10.5. The van der Waals surface area contributed by atoms with Gasteiger partial charge in [-0.05, 0) is 18.6 Å². The van der Waals surface area contributed by atoms with E-state index in [1.807, 2.05) is 6.26 Å². The van der Waals surface area contributed by atoms with Crippen molar-refractivity contribution in [3.63, 3.8) is 0 Å². The maximum atomic E-state index is 11.3. The molecule has 8 heteroatoms. The minimum atomic E-state index is 0. The number of thioether (sulfide) groups is 1. The summed E-state index contributed by atoms with van der Waals surface area (Å²) >= 11 is 1.61. The lowest BCUT2D eigenvalue weighted by Crippen LogP contribution is -2.26. The molecule has 0 aromatic carbocycles. The summed E-state index contributed by atoms with van der Waals surface area (Å²) in [6, 6.07) is 0. The highest BCUT2D eigenvalue weighted by Gasteiger charge is 2.12. The number of nitrogens with one attached hydrogen (secondary N) is 1. The average molecular weight is 336 g/mol. The van der Waals surface area contributed by atoms with Crippen LogP contribution >= 0.6 is 24.2 Å². The third kappa shape index (κ3) is 7.15. The van der Waals surface area contributed by atoms with E-state index < -0.39 is 0 Å². The number of nitrogens with zero attached hydrogens (tertiary/aromatic N) is 3. The van der Waals surface area contributed by atoms with E-state index in [9.17, 15) is 4.79 Å². The predicted molar refractivity (Wildman–Crippen MR) is 88.9 cm³/mol. The van der Waals surface area contributed by atoms with Gasteiger partial charge in [0.2, 0.25) is 5.91 Å². The van der Waals surface area contributed by atoms with Gasteiger partial charge in [-0.3, -0.25) is 4.79 Å². The van der Waals surface area contributed by atoms with Crippen LogP contribution in [0, 0.1) is 5.92 Å².